The lowest BCUT2D eigenvalue weighted by atomic mass is 10.1. The van der Waals surface area contributed by atoms with E-state index in [1.807, 2.05) is 20.8 Å². The molecule has 0 atom stereocenters. The molecule has 0 aliphatic rings. The molecule has 0 heterocycles. The quantitative estimate of drug-likeness (QED) is 0.539. The van der Waals surface area contributed by atoms with Crippen molar-refractivity contribution in [1.82, 2.24) is 5.32 Å². The molecule has 3 nitrogen and oxygen atoms in total. The first-order valence-electron chi connectivity index (χ1n) is 6.24. The predicted molar refractivity (Wildman–Crippen MR) is 67.4 cm³/mol. The number of carbonyl (C=O) groups is 1. The van der Waals surface area contributed by atoms with Gasteiger partial charge in [-0.15, -0.1) is 0 Å². The van der Waals surface area contributed by atoms with Crippen LogP contribution in [-0.4, -0.2) is 24.7 Å². The average molecular weight is 229 g/mol. The molecular weight excluding hydrogens is 202 g/mol. The van der Waals surface area contributed by atoms with Crippen molar-refractivity contribution in [2.75, 3.05) is 13.1 Å². The zero-order valence-electron chi connectivity index (χ0n) is 11.4. The van der Waals surface area contributed by atoms with E-state index in [4.69, 9.17) is 4.74 Å². The molecule has 1 N–H and O–H groups in total. The molecule has 16 heavy (non-hydrogen) atoms. The van der Waals surface area contributed by atoms with Crippen LogP contribution >= 0.6 is 0 Å². The van der Waals surface area contributed by atoms with Crippen LogP contribution in [0.1, 0.15) is 53.9 Å². The molecular formula is C13H27NO2. The smallest absolute Gasteiger partial charge is 0.307 e. The third-order valence-corrected chi connectivity index (χ3v) is 2.06. The molecule has 0 aliphatic heterocycles. The Morgan fingerprint density at radius 2 is 1.88 bits per heavy atom. The zero-order valence-corrected chi connectivity index (χ0v) is 11.4. The maximum atomic E-state index is 11.3. The van der Waals surface area contributed by atoms with E-state index in [0.29, 0.717) is 13.0 Å². The van der Waals surface area contributed by atoms with E-state index in [-0.39, 0.29) is 11.6 Å². The van der Waals surface area contributed by atoms with Crippen molar-refractivity contribution in [1.29, 1.82) is 0 Å². The minimum absolute atomic E-state index is 0.121. The van der Waals surface area contributed by atoms with Crippen LogP contribution in [0, 0.1) is 5.92 Å². The predicted octanol–water partition coefficient (Wildman–Crippen LogP) is 2.74. The van der Waals surface area contributed by atoms with Crippen molar-refractivity contribution >= 4 is 5.97 Å². The highest BCUT2D eigenvalue weighted by Gasteiger charge is 2.15. The average Bonchev–Trinajstić information content (AvgIpc) is 2.07. The number of hydrogen-bond acceptors (Lipinski definition) is 3. The van der Waals surface area contributed by atoms with Gasteiger partial charge >= 0.3 is 5.97 Å². The van der Waals surface area contributed by atoms with Crippen molar-refractivity contribution in [3.05, 3.63) is 0 Å². The van der Waals surface area contributed by atoms with Gasteiger partial charge in [0.2, 0.25) is 0 Å². The molecule has 0 aromatic carbocycles. The Kier molecular flexibility index (Phi) is 7.39. The van der Waals surface area contributed by atoms with Gasteiger partial charge in [0.25, 0.3) is 0 Å². The molecule has 0 bridgehead atoms. The van der Waals surface area contributed by atoms with Crippen LogP contribution in [-0.2, 0) is 9.53 Å². The van der Waals surface area contributed by atoms with E-state index in [1.165, 1.54) is 12.8 Å². The Morgan fingerprint density at radius 3 is 2.38 bits per heavy atom. The van der Waals surface area contributed by atoms with Gasteiger partial charge < -0.3 is 10.1 Å². The summed E-state index contributed by atoms with van der Waals surface area (Å²) >= 11 is 0. The molecule has 0 fully saturated rings. The van der Waals surface area contributed by atoms with Gasteiger partial charge in [0.05, 0.1) is 6.42 Å². The highest BCUT2D eigenvalue weighted by molar-refractivity contribution is 5.70. The first-order chi connectivity index (χ1) is 7.31. The van der Waals surface area contributed by atoms with E-state index < -0.39 is 0 Å². The molecule has 0 aromatic rings. The van der Waals surface area contributed by atoms with Gasteiger partial charge in [-0.2, -0.15) is 0 Å². The Labute approximate surface area is 99.9 Å². The summed E-state index contributed by atoms with van der Waals surface area (Å²) in [6.07, 6.45) is 2.87. The second kappa shape index (κ2) is 7.66. The van der Waals surface area contributed by atoms with E-state index >= 15 is 0 Å². The number of ether oxygens (including phenoxy) is 1. The second-order valence-corrected chi connectivity index (χ2v) is 5.62. The van der Waals surface area contributed by atoms with Crippen molar-refractivity contribution < 1.29 is 9.53 Å². The van der Waals surface area contributed by atoms with Gasteiger partial charge in [-0.05, 0) is 46.1 Å². The molecule has 0 rings (SSSR count). The summed E-state index contributed by atoms with van der Waals surface area (Å²) in [7, 11) is 0. The first-order valence-corrected chi connectivity index (χ1v) is 6.24. The van der Waals surface area contributed by atoms with Crippen LogP contribution in [0.25, 0.3) is 0 Å². The molecule has 0 saturated heterocycles. The lowest BCUT2D eigenvalue weighted by Crippen LogP contribution is -2.27. The molecule has 0 aromatic heterocycles. The molecule has 0 amide bonds. The van der Waals surface area contributed by atoms with Gasteiger partial charge in [-0.3, -0.25) is 4.79 Å². The standard InChI is InChI=1S/C13H27NO2/c1-11(2)7-6-9-14-10-8-12(15)16-13(3,4)5/h11,14H,6-10H2,1-5H3. The monoisotopic (exact) mass is 229 g/mol. The molecule has 96 valence electrons. The number of nitrogens with one attached hydrogen (secondary N) is 1. The summed E-state index contributed by atoms with van der Waals surface area (Å²) in [5.74, 6) is 0.636. The maximum Gasteiger partial charge on any atom is 0.307 e. The van der Waals surface area contributed by atoms with Gasteiger partial charge in [-0.25, -0.2) is 0 Å². The summed E-state index contributed by atoms with van der Waals surface area (Å²) in [6, 6.07) is 0. The molecule has 0 radical (unpaired) electrons. The molecule has 3 heteroatoms. The minimum Gasteiger partial charge on any atom is -0.460 e. The van der Waals surface area contributed by atoms with E-state index in [0.717, 1.165) is 12.5 Å². The van der Waals surface area contributed by atoms with Gasteiger partial charge in [0.15, 0.2) is 0 Å². The normalized spacial score (nSPS) is 11.9. The number of rotatable bonds is 7. The zero-order chi connectivity index (χ0) is 12.6. The largest absolute Gasteiger partial charge is 0.460 e. The van der Waals surface area contributed by atoms with Crippen LogP contribution in [0.2, 0.25) is 0 Å². The van der Waals surface area contributed by atoms with Crippen LogP contribution in [0.5, 0.6) is 0 Å². The molecule has 0 aliphatic carbocycles. The van der Waals surface area contributed by atoms with Crippen LogP contribution in [0.3, 0.4) is 0 Å². The Balaban J connectivity index is 3.35. The number of carbonyl (C=O) groups excluding carboxylic acids is 1. The van der Waals surface area contributed by atoms with Gasteiger partial charge in [0.1, 0.15) is 5.60 Å². The van der Waals surface area contributed by atoms with Crippen molar-refractivity contribution in [2.24, 2.45) is 5.92 Å². The molecule has 0 spiro atoms. The highest BCUT2D eigenvalue weighted by Crippen LogP contribution is 2.07. The van der Waals surface area contributed by atoms with E-state index in [2.05, 4.69) is 19.2 Å². The Morgan fingerprint density at radius 1 is 1.25 bits per heavy atom. The third kappa shape index (κ3) is 11.5. The fourth-order valence-corrected chi connectivity index (χ4v) is 1.34. The van der Waals surface area contributed by atoms with Gasteiger partial charge in [0, 0.05) is 6.54 Å². The minimum atomic E-state index is -0.366. The summed E-state index contributed by atoms with van der Waals surface area (Å²) in [6.45, 7) is 11.8. The highest BCUT2D eigenvalue weighted by atomic mass is 16.6. The van der Waals surface area contributed by atoms with E-state index in [1.54, 1.807) is 0 Å². The SMILES string of the molecule is CC(C)CCCNCCC(=O)OC(C)(C)C. The lowest BCUT2D eigenvalue weighted by molar-refractivity contribution is -0.154. The third-order valence-electron chi connectivity index (χ3n) is 2.06. The molecule has 0 unspecified atom stereocenters. The van der Waals surface area contributed by atoms with Crippen LogP contribution < -0.4 is 5.32 Å². The number of esters is 1. The topological polar surface area (TPSA) is 38.3 Å². The Hall–Kier alpha value is -0.570. The van der Waals surface area contributed by atoms with Crippen LogP contribution in [0.15, 0.2) is 0 Å². The lowest BCUT2D eigenvalue weighted by Gasteiger charge is -2.19. The summed E-state index contributed by atoms with van der Waals surface area (Å²) < 4.78 is 5.20. The summed E-state index contributed by atoms with van der Waals surface area (Å²) in [5, 5.41) is 3.26. The fourth-order valence-electron chi connectivity index (χ4n) is 1.34. The van der Waals surface area contributed by atoms with Crippen molar-refractivity contribution in [3.8, 4) is 0 Å². The van der Waals surface area contributed by atoms with Crippen molar-refractivity contribution in [3.63, 3.8) is 0 Å². The van der Waals surface area contributed by atoms with Crippen LogP contribution in [0.4, 0.5) is 0 Å². The maximum absolute atomic E-state index is 11.3. The first kappa shape index (κ1) is 15.4. The second-order valence-electron chi connectivity index (χ2n) is 5.62. The van der Waals surface area contributed by atoms with Crippen molar-refractivity contribution in [2.45, 2.75) is 59.5 Å². The van der Waals surface area contributed by atoms with E-state index in [9.17, 15) is 4.79 Å². The Bertz CT molecular complexity index is 195. The summed E-state index contributed by atoms with van der Waals surface area (Å²) in [5.41, 5.74) is -0.366. The summed E-state index contributed by atoms with van der Waals surface area (Å²) in [4.78, 5) is 11.3. The molecule has 0 saturated carbocycles. The fraction of sp³-hybridized carbons (Fsp3) is 0.923. The van der Waals surface area contributed by atoms with Gasteiger partial charge in [-0.1, -0.05) is 13.8 Å². The number of hydrogen-bond donors (Lipinski definition) is 1.